The number of amides is 2. The van der Waals surface area contributed by atoms with Crippen LogP contribution in [0.2, 0.25) is 0 Å². The fourth-order valence-corrected chi connectivity index (χ4v) is 3.08. The first kappa shape index (κ1) is 19.3. The Balaban J connectivity index is 1.32. The quantitative estimate of drug-likeness (QED) is 0.644. The lowest BCUT2D eigenvalue weighted by Crippen LogP contribution is -2.45. The lowest BCUT2D eigenvalue weighted by Gasteiger charge is -2.17. The highest BCUT2D eigenvalue weighted by molar-refractivity contribution is 5.99. The van der Waals surface area contributed by atoms with Crippen LogP contribution in [0.5, 0.6) is 11.5 Å². The third-order valence-corrected chi connectivity index (χ3v) is 4.57. The molecule has 0 aliphatic carbocycles. The molecule has 6 heteroatoms. The molecule has 0 saturated heterocycles. The van der Waals surface area contributed by atoms with Gasteiger partial charge in [0.1, 0.15) is 18.1 Å². The Morgan fingerprint density at radius 3 is 2.47 bits per heavy atom. The van der Waals surface area contributed by atoms with Crippen LogP contribution in [0.3, 0.4) is 0 Å². The van der Waals surface area contributed by atoms with Crippen molar-refractivity contribution in [2.24, 2.45) is 0 Å². The number of hydrazine groups is 1. The number of benzene rings is 3. The molecule has 6 nitrogen and oxygen atoms in total. The largest absolute Gasteiger partial charge is 0.488 e. The van der Waals surface area contributed by atoms with Crippen LogP contribution < -0.4 is 20.3 Å². The van der Waals surface area contributed by atoms with E-state index in [1.807, 2.05) is 72.8 Å². The normalized spacial score (nSPS) is 12.1. The van der Waals surface area contributed by atoms with E-state index in [1.54, 1.807) is 12.1 Å². The lowest BCUT2D eigenvalue weighted by molar-refractivity contribution is -0.128. The first-order chi connectivity index (χ1) is 14.7. The summed E-state index contributed by atoms with van der Waals surface area (Å²) in [6.45, 7) is -0.0951. The van der Waals surface area contributed by atoms with E-state index in [1.165, 1.54) is 0 Å². The van der Waals surface area contributed by atoms with Gasteiger partial charge in [0.05, 0.1) is 5.57 Å². The fourth-order valence-electron chi connectivity index (χ4n) is 3.08. The zero-order valence-electron chi connectivity index (χ0n) is 16.1. The fraction of sp³-hybridized carbons (Fsp3) is 0.0833. The van der Waals surface area contributed by atoms with Crippen molar-refractivity contribution in [2.75, 3.05) is 13.2 Å². The SMILES string of the molecule is O=C(COc1ccccc1-c1ccccc1)NNC(=O)C1=Cc2ccccc2OC1. The van der Waals surface area contributed by atoms with E-state index in [0.29, 0.717) is 11.3 Å². The third kappa shape index (κ3) is 4.50. The molecule has 0 fully saturated rings. The number of fused-ring (bicyclic) bond motifs is 1. The Kier molecular flexibility index (Phi) is 5.75. The van der Waals surface area contributed by atoms with Gasteiger partial charge in [0.2, 0.25) is 0 Å². The number of para-hydroxylation sites is 2. The molecule has 1 heterocycles. The van der Waals surface area contributed by atoms with Gasteiger partial charge in [-0.15, -0.1) is 0 Å². The Labute approximate surface area is 174 Å². The molecule has 0 atom stereocenters. The summed E-state index contributed by atoms with van der Waals surface area (Å²) in [5.74, 6) is 0.417. The van der Waals surface area contributed by atoms with Crippen LogP contribution in [0.1, 0.15) is 5.56 Å². The molecule has 30 heavy (non-hydrogen) atoms. The Morgan fingerprint density at radius 2 is 1.60 bits per heavy atom. The third-order valence-electron chi connectivity index (χ3n) is 4.57. The van der Waals surface area contributed by atoms with Crippen molar-refractivity contribution in [3.63, 3.8) is 0 Å². The summed E-state index contributed by atoms with van der Waals surface area (Å²) in [6.07, 6.45) is 1.74. The van der Waals surface area contributed by atoms with Crippen molar-refractivity contribution in [1.29, 1.82) is 0 Å². The van der Waals surface area contributed by atoms with Gasteiger partial charge in [-0.3, -0.25) is 20.4 Å². The summed E-state index contributed by atoms with van der Waals surface area (Å²) in [7, 11) is 0. The van der Waals surface area contributed by atoms with Gasteiger partial charge in [-0.2, -0.15) is 0 Å². The molecule has 0 radical (unpaired) electrons. The van der Waals surface area contributed by atoms with E-state index in [4.69, 9.17) is 9.47 Å². The van der Waals surface area contributed by atoms with Crippen LogP contribution in [-0.4, -0.2) is 25.0 Å². The van der Waals surface area contributed by atoms with Crippen molar-refractivity contribution < 1.29 is 19.1 Å². The van der Waals surface area contributed by atoms with Crippen LogP contribution in [0.4, 0.5) is 0 Å². The average Bonchev–Trinajstić information content (AvgIpc) is 2.81. The Morgan fingerprint density at radius 1 is 0.867 bits per heavy atom. The number of carbonyl (C=O) groups is 2. The zero-order valence-corrected chi connectivity index (χ0v) is 16.1. The van der Waals surface area contributed by atoms with E-state index in [9.17, 15) is 9.59 Å². The molecule has 3 aromatic rings. The van der Waals surface area contributed by atoms with E-state index < -0.39 is 11.8 Å². The van der Waals surface area contributed by atoms with Gasteiger partial charge in [0.25, 0.3) is 11.8 Å². The van der Waals surface area contributed by atoms with Crippen molar-refractivity contribution in [3.8, 4) is 22.6 Å². The number of carbonyl (C=O) groups excluding carboxylic acids is 2. The van der Waals surface area contributed by atoms with Gasteiger partial charge in [0.15, 0.2) is 6.61 Å². The van der Waals surface area contributed by atoms with Crippen LogP contribution in [0.15, 0.2) is 84.4 Å². The summed E-state index contributed by atoms with van der Waals surface area (Å²) in [5.41, 5.74) is 7.89. The second-order valence-corrected chi connectivity index (χ2v) is 6.65. The van der Waals surface area contributed by atoms with Gasteiger partial charge in [-0.05, 0) is 23.8 Å². The van der Waals surface area contributed by atoms with Crippen molar-refractivity contribution in [1.82, 2.24) is 10.9 Å². The lowest BCUT2D eigenvalue weighted by atomic mass is 10.1. The molecular formula is C24H20N2O4. The number of nitrogens with one attached hydrogen (secondary N) is 2. The van der Waals surface area contributed by atoms with Crippen molar-refractivity contribution in [2.45, 2.75) is 0 Å². The Hall–Kier alpha value is -4.06. The Bertz CT molecular complexity index is 1090. The molecule has 1 aliphatic heterocycles. The van der Waals surface area contributed by atoms with Crippen LogP contribution in [0, 0.1) is 0 Å². The monoisotopic (exact) mass is 400 g/mol. The van der Waals surface area contributed by atoms with E-state index in [2.05, 4.69) is 10.9 Å². The van der Waals surface area contributed by atoms with Crippen LogP contribution in [0.25, 0.3) is 17.2 Å². The summed E-state index contributed by atoms with van der Waals surface area (Å²) in [4.78, 5) is 24.5. The highest BCUT2D eigenvalue weighted by Crippen LogP contribution is 2.29. The molecule has 0 spiro atoms. The number of rotatable bonds is 5. The smallest absolute Gasteiger partial charge is 0.276 e. The molecule has 0 saturated carbocycles. The maximum Gasteiger partial charge on any atom is 0.276 e. The highest BCUT2D eigenvalue weighted by Gasteiger charge is 2.17. The number of ether oxygens (including phenoxy) is 2. The predicted octanol–water partition coefficient (Wildman–Crippen LogP) is 3.36. The molecule has 0 aromatic heterocycles. The van der Waals surface area contributed by atoms with Crippen molar-refractivity contribution in [3.05, 3.63) is 90.0 Å². The van der Waals surface area contributed by atoms with Crippen LogP contribution in [-0.2, 0) is 9.59 Å². The molecule has 1 aliphatic rings. The van der Waals surface area contributed by atoms with E-state index in [-0.39, 0.29) is 13.2 Å². The average molecular weight is 400 g/mol. The van der Waals surface area contributed by atoms with Gasteiger partial charge in [-0.25, -0.2) is 0 Å². The second kappa shape index (κ2) is 8.96. The topological polar surface area (TPSA) is 76.7 Å². The number of hydrogen-bond acceptors (Lipinski definition) is 4. The molecular weight excluding hydrogens is 380 g/mol. The maximum atomic E-state index is 12.3. The predicted molar refractivity (Wildman–Crippen MR) is 114 cm³/mol. The molecule has 0 unspecified atom stereocenters. The number of hydrogen-bond donors (Lipinski definition) is 2. The second-order valence-electron chi connectivity index (χ2n) is 6.65. The molecule has 2 N–H and O–H groups in total. The van der Waals surface area contributed by atoms with Gasteiger partial charge in [0, 0.05) is 11.1 Å². The summed E-state index contributed by atoms with van der Waals surface area (Å²) in [5, 5.41) is 0. The zero-order chi connectivity index (χ0) is 20.8. The summed E-state index contributed by atoms with van der Waals surface area (Å²) >= 11 is 0. The maximum absolute atomic E-state index is 12.3. The van der Waals surface area contributed by atoms with E-state index >= 15 is 0 Å². The van der Waals surface area contributed by atoms with Crippen LogP contribution >= 0.6 is 0 Å². The highest BCUT2D eigenvalue weighted by atomic mass is 16.5. The minimum atomic E-state index is -0.469. The molecule has 0 bridgehead atoms. The minimum absolute atomic E-state index is 0.139. The van der Waals surface area contributed by atoms with Gasteiger partial charge in [-0.1, -0.05) is 66.7 Å². The summed E-state index contributed by atoms with van der Waals surface area (Å²) in [6, 6.07) is 24.7. The minimum Gasteiger partial charge on any atom is -0.488 e. The first-order valence-electron chi connectivity index (χ1n) is 9.49. The molecule has 3 aromatic carbocycles. The van der Waals surface area contributed by atoms with Gasteiger partial charge < -0.3 is 9.47 Å². The molecule has 2 amide bonds. The first-order valence-corrected chi connectivity index (χ1v) is 9.49. The standard InChI is InChI=1S/C24H20N2O4/c27-23(16-30-22-13-7-5-11-20(22)17-8-2-1-3-9-17)25-26-24(28)19-14-18-10-4-6-12-21(18)29-15-19/h1-14H,15-16H2,(H,25,27)(H,26,28). The van der Waals surface area contributed by atoms with Gasteiger partial charge >= 0.3 is 0 Å². The molecule has 150 valence electrons. The van der Waals surface area contributed by atoms with Crippen molar-refractivity contribution >= 4 is 17.9 Å². The molecule has 4 rings (SSSR count). The van der Waals surface area contributed by atoms with E-state index in [0.717, 1.165) is 22.4 Å². The summed E-state index contributed by atoms with van der Waals surface area (Å²) < 4.78 is 11.2.